The van der Waals surface area contributed by atoms with E-state index in [9.17, 15) is 14.4 Å². The van der Waals surface area contributed by atoms with Crippen molar-refractivity contribution in [3.63, 3.8) is 0 Å². The Hall–Kier alpha value is -2.54. The smallest absolute Gasteiger partial charge is 0.219 e. The van der Waals surface area contributed by atoms with Gasteiger partial charge in [-0.05, 0) is 23.6 Å². The normalized spacial score (nSPS) is 23.6. The molecule has 156 valence electrons. The summed E-state index contributed by atoms with van der Waals surface area (Å²) in [6, 6.07) is 7.56. The lowest BCUT2D eigenvalue weighted by Crippen LogP contribution is -3.15. The number of rotatable bonds is 6. The molecule has 29 heavy (non-hydrogen) atoms. The number of Topliss-reactive ketones (excluding diaryl/α,β-unsaturated/α-hetero) is 2. The number of nitrogens with zero attached hydrogens (tertiary/aromatic N) is 2. The molecule has 1 amide bonds. The van der Waals surface area contributed by atoms with Gasteiger partial charge in [0, 0.05) is 26.0 Å². The van der Waals surface area contributed by atoms with Gasteiger partial charge >= 0.3 is 0 Å². The van der Waals surface area contributed by atoms with Crippen molar-refractivity contribution in [2.75, 3.05) is 46.4 Å². The molecule has 1 saturated heterocycles. The van der Waals surface area contributed by atoms with Gasteiger partial charge in [-0.25, -0.2) is 0 Å². The van der Waals surface area contributed by atoms with Crippen LogP contribution in [0.1, 0.15) is 31.2 Å². The first-order valence-corrected chi connectivity index (χ1v) is 10.3. The van der Waals surface area contributed by atoms with Crippen LogP contribution in [-0.2, 0) is 14.4 Å². The van der Waals surface area contributed by atoms with Crippen LogP contribution in [0.3, 0.4) is 0 Å². The van der Waals surface area contributed by atoms with Crippen LogP contribution in [0.2, 0.25) is 0 Å². The molecule has 1 aromatic rings. The highest BCUT2D eigenvalue weighted by molar-refractivity contribution is 6.16. The average molecular weight is 400 g/mol. The van der Waals surface area contributed by atoms with Crippen molar-refractivity contribution in [2.45, 2.75) is 25.7 Å². The van der Waals surface area contributed by atoms with E-state index in [1.54, 1.807) is 20.2 Å². The monoisotopic (exact) mass is 400 g/mol. The van der Waals surface area contributed by atoms with Crippen LogP contribution in [0.15, 0.2) is 29.3 Å². The summed E-state index contributed by atoms with van der Waals surface area (Å²) >= 11 is 0. The highest BCUT2D eigenvalue weighted by Gasteiger charge is 2.35. The Kier molecular flexibility index (Phi) is 7.14. The summed E-state index contributed by atoms with van der Waals surface area (Å²) in [4.78, 5) is 44.1. The van der Waals surface area contributed by atoms with Crippen molar-refractivity contribution in [3.05, 3.63) is 29.8 Å². The number of carbonyl (C=O) groups excluding carboxylic acids is 3. The minimum atomic E-state index is -0.700. The van der Waals surface area contributed by atoms with Gasteiger partial charge in [0.2, 0.25) is 5.91 Å². The first-order chi connectivity index (χ1) is 14.0. The molecule has 0 bridgehead atoms. The predicted molar refractivity (Wildman–Crippen MR) is 110 cm³/mol. The quantitative estimate of drug-likeness (QED) is 0.544. The number of carbonyl (C=O) groups is 3. The van der Waals surface area contributed by atoms with Crippen LogP contribution < -0.4 is 9.64 Å². The zero-order chi connectivity index (χ0) is 20.8. The Morgan fingerprint density at radius 3 is 2.34 bits per heavy atom. The van der Waals surface area contributed by atoms with Gasteiger partial charge in [-0.2, -0.15) is 0 Å². The Morgan fingerprint density at radius 2 is 1.79 bits per heavy atom. The third-order valence-corrected chi connectivity index (χ3v) is 5.94. The van der Waals surface area contributed by atoms with Crippen LogP contribution in [0.4, 0.5) is 0 Å². The number of aliphatic imine (C=N–C) groups is 1. The van der Waals surface area contributed by atoms with E-state index >= 15 is 0 Å². The van der Waals surface area contributed by atoms with Gasteiger partial charge in [-0.1, -0.05) is 12.1 Å². The van der Waals surface area contributed by atoms with E-state index < -0.39 is 5.92 Å². The molecule has 3 rings (SSSR count). The Balaban J connectivity index is 1.46. The number of amides is 1. The van der Waals surface area contributed by atoms with Gasteiger partial charge in [-0.3, -0.25) is 19.4 Å². The molecule has 1 N–H and O–H groups in total. The molecule has 0 radical (unpaired) electrons. The molecule has 1 aliphatic heterocycles. The summed E-state index contributed by atoms with van der Waals surface area (Å²) in [6.45, 7) is 6.44. The van der Waals surface area contributed by atoms with Crippen molar-refractivity contribution >= 4 is 23.7 Å². The molecular formula is C22H30N3O4+. The lowest BCUT2D eigenvalue weighted by molar-refractivity contribution is -0.902. The Morgan fingerprint density at radius 1 is 1.17 bits per heavy atom. The predicted octanol–water partition coefficient (Wildman–Crippen LogP) is 0.145. The van der Waals surface area contributed by atoms with E-state index in [0.29, 0.717) is 19.4 Å². The lowest BCUT2D eigenvalue weighted by atomic mass is 9.77. The lowest BCUT2D eigenvalue weighted by Gasteiger charge is -2.31. The maximum atomic E-state index is 12.5. The highest BCUT2D eigenvalue weighted by Crippen LogP contribution is 2.32. The summed E-state index contributed by atoms with van der Waals surface area (Å²) in [5.41, 5.74) is 0.996. The number of piperazine rings is 1. The molecule has 0 aromatic heterocycles. The van der Waals surface area contributed by atoms with E-state index in [1.807, 2.05) is 29.2 Å². The maximum Gasteiger partial charge on any atom is 0.219 e. The fraction of sp³-hybridized carbons (Fsp3) is 0.545. The summed E-state index contributed by atoms with van der Waals surface area (Å²) in [6.07, 6.45) is 2.29. The number of nitrogens with one attached hydrogen (secondary N) is 1. The van der Waals surface area contributed by atoms with Crippen molar-refractivity contribution in [3.8, 4) is 5.75 Å². The summed E-state index contributed by atoms with van der Waals surface area (Å²) in [5.74, 6) is 0.0319. The third-order valence-electron chi connectivity index (χ3n) is 5.94. The zero-order valence-electron chi connectivity index (χ0n) is 17.2. The molecule has 1 heterocycles. The second kappa shape index (κ2) is 9.78. The topological polar surface area (TPSA) is 80.5 Å². The fourth-order valence-corrected chi connectivity index (χ4v) is 4.06. The molecule has 0 atom stereocenters. The average Bonchev–Trinajstić information content (AvgIpc) is 2.73. The number of methoxy groups -OCH3 is 1. The van der Waals surface area contributed by atoms with Crippen molar-refractivity contribution in [1.82, 2.24) is 4.90 Å². The molecule has 2 fully saturated rings. The molecule has 1 saturated carbocycles. The summed E-state index contributed by atoms with van der Waals surface area (Å²) in [5, 5.41) is 0. The minimum absolute atomic E-state index is 0.0479. The standard InChI is InChI=1S/C22H29N3O4/c1-16(26)25-11-9-24(10-12-25)8-7-23-15-20-21(27)13-18(14-22(20)28)17-3-5-19(29-2)6-4-17/h3-6,15,18,20H,7-14H2,1-2H3/p+1. The second-order valence-corrected chi connectivity index (χ2v) is 7.85. The van der Waals surface area contributed by atoms with E-state index in [-0.39, 0.29) is 23.4 Å². The molecular weight excluding hydrogens is 370 g/mol. The first-order valence-electron chi connectivity index (χ1n) is 10.3. The van der Waals surface area contributed by atoms with E-state index in [2.05, 4.69) is 4.99 Å². The molecule has 0 spiro atoms. The Labute approximate surface area is 171 Å². The number of ether oxygens (including phenoxy) is 1. The van der Waals surface area contributed by atoms with E-state index in [4.69, 9.17) is 4.74 Å². The molecule has 0 unspecified atom stereocenters. The number of quaternary nitrogens is 1. The molecule has 7 heteroatoms. The largest absolute Gasteiger partial charge is 0.497 e. The van der Waals surface area contributed by atoms with Crippen LogP contribution in [-0.4, -0.2) is 75.0 Å². The van der Waals surface area contributed by atoms with Gasteiger partial charge in [0.05, 0.1) is 46.4 Å². The van der Waals surface area contributed by atoms with Crippen LogP contribution in [0.5, 0.6) is 5.75 Å². The highest BCUT2D eigenvalue weighted by atomic mass is 16.5. The van der Waals surface area contributed by atoms with Gasteiger partial charge in [0.15, 0.2) is 0 Å². The third kappa shape index (κ3) is 5.50. The van der Waals surface area contributed by atoms with E-state index in [1.165, 1.54) is 4.90 Å². The minimum Gasteiger partial charge on any atom is -0.497 e. The SMILES string of the molecule is COc1ccc(C2CC(=O)C(C=NCC[NH+]3CCN(C(C)=O)CC3)C(=O)C2)cc1. The molecule has 2 aliphatic rings. The molecule has 1 aromatic carbocycles. The molecule has 7 nitrogen and oxygen atoms in total. The van der Waals surface area contributed by atoms with Crippen LogP contribution in [0.25, 0.3) is 0 Å². The number of benzene rings is 1. The molecule has 1 aliphatic carbocycles. The second-order valence-electron chi connectivity index (χ2n) is 7.85. The van der Waals surface area contributed by atoms with Crippen molar-refractivity contribution in [1.29, 1.82) is 0 Å². The number of hydrogen-bond donors (Lipinski definition) is 1. The Bertz CT molecular complexity index is 749. The first kappa shape index (κ1) is 21.2. The van der Waals surface area contributed by atoms with E-state index in [0.717, 1.165) is 44.0 Å². The summed E-state index contributed by atoms with van der Waals surface area (Å²) < 4.78 is 5.16. The number of hydrogen-bond acceptors (Lipinski definition) is 5. The van der Waals surface area contributed by atoms with Gasteiger partial charge < -0.3 is 14.5 Å². The van der Waals surface area contributed by atoms with Crippen LogP contribution in [0, 0.1) is 5.92 Å². The van der Waals surface area contributed by atoms with Crippen molar-refractivity contribution < 1.29 is 24.0 Å². The van der Waals surface area contributed by atoms with Gasteiger partial charge in [0.25, 0.3) is 0 Å². The summed E-state index contributed by atoms with van der Waals surface area (Å²) in [7, 11) is 1.61. The number of ketones is 2. The van der Waals surface area contributed by atoms with Gasteiger partial charge in [0.1, 0.15) is 23.2 Å². The fourth-order valence-electron chi connectivity index (χ4n) is 4.06. The van der Waals surface area contributed by atoms with Crippen LogP contribution >= 0.6 is 0 Å². The van der Waals surface area contributed by atoms with Gasteiger partial charge in [-0.15, -0.1) is 0 Å². The maximum absolute atomic E-state index is 12.5. The van der Waals surface area contributed by atoms with Crippen molar-refractivity contribution in [2.24, 2.45) is 10.9 Å². The zero-order valence-corrected chi connectivity index (χ0v) is 17.2.